The summed E-state index contributed by atoms with van der Waals surface area (Å²) in [5.74, 6) is 0.968. The van der Waals surface area contributed by atoms with Crippen LogP contribution in [0.1, 0.15) is 56.7 Å². The highest BCUT2D eigenvalue weighted by Gasteiger charge is 2.19. The van der Waals surface area contributed by atoms with Crippen molar-refractivity contribution in [1.29, 1.82) is 0 Å². The minimum absolute atomic E-state index is 0.474. The molecule has 1 aliphatic rings. The molecule has 98 valence electrons. The lowest BCUT2D eigenvalue weighted by molar-refractivity contribution is 0.243. The van der Waals surface area contributed by atoms with Gasteiger partial charge in [-0.15, -0.1) is 0 Å². The minimum Gasteiger partial charge on any atom is -0.501 e. The molecule has 0 unspecified atom stereocenters. The minimum atomic E-state index is 0.474. The number of ether oxygens (including phenoxy) is 1. The summed E-state index contributed by atoms with van der Waals surface area (Å²) in [5.41, 5.74) is 5.42. The van der Waals surface area contributed by atoms with Crippen molar-refractivity contribution in [2.24, 2.45) is 5.92 Å². The second kappa shape index (κ2) is 5.55. The lowest BCUT2D eigenvalue weighted by Crippen LogP contribution is -2.10. The Balaban J connectivity index is 2.60. The standard InChI is InChI=1S/C16H23NO/c1-11(2)14-9-17-8-13-6-5-7-18-10-15(12(3)4)16(13)14/h8-12H,5-7H2,1-4H3/b15-10-. The zero-order valence-electron chi connectivity index (χ0n) is 11.9. The van der Waals surface area contributed by atoms with Crippen LogP contribution >= 0.6 is 0 Å². The first-order chi connectivity index (χ1) is 8.61. The van der Waals surface area contributed by atoms with Crippen LogP contribution in [0.15, 0.2) is 18.7 Å². The van der Waals surface area contributed by atoms with Crippen molar-refractivity contribution in [3.63, 3.8) is 0 Å². The fraction of sp³-hybridized carbons (Fsp3) is 0.562. The van der Waals surface area contributed by atoms with Gasteiger partial charge in [0.1, 0.15) is 0 Å². The van der Waals surface area contributed by atoms with Crippen LogP contribution in [-0.2, 0) is 11.2 Å². The third-order valence-corrected chi connectivity index (χ3v) is 3.51. The first-order valence-electron chi connectivity index (χ1n) is 6.90. The molecule has 2 heterocycles. The normalized spacial score (nSPS) is 18.7. The molecule has 0 saturated carbocycles. The Morgan fingerprint density at radius 1 is 1.11 bits per heavy atom. The molecule has 1 aromatic heterocycles. The molecule has 2 nitrogen and oxygen atoms in total. The molecule has 0 fully saturated rings. The summed E-state index contributed by atoms with van der Waals surface area (Å²) >= 11 is 0. The zero-order valence-corrected chi connectivity index (χ0v) is 11.9. The molecule has 18 heavy (non-hydrogen) atoms. The number of pyridine rings is 1. The topological polar surface area (TPSA) is 22.1 Å². The van der Waals surface area contributed by atoms with E-state index in [4.69, 9.17) is 4.74 Å². The second-order valence-corrected chi connectivity index (χ2v) is 5.62. The lowest BCUT2D eigenvalue weighted by atomic mass is 9.85. The van der Waals surface area contributed by atoms with Crippen LogP contribution in [0.3, 0.4) is 0 Å². The van der Waals surface area contributed by atoms with Crippen molar-refractivity contribution in [3.05, 3.63) is 35.3 Å². The van der Waals surface area contributed by atoms with Gasteiger partial charge in [0.2, 0.25) is 0 Å². The fourth-order valence-electron chi connectivity index (χ4n) is 2.48. The molecule has 0 aliphatic carbocycles. The van der Waals surface area contributed by atoms with Gasteiger partial charge in [0.15, 0.2) is 0 Å². The van der Waals surface area contributed by atoms with Crippen molar-refractivity contribution < 1.29 is 4.74 Å². The van der Waals surface area contributed by atoms with Gasteiger partial charge in [-0.2, -0.15) is 0 Å². The monoisotopic (exact) mass is 245 g/mol. The third kappa shape index (κ3) is 2.58. The number of allylic oxidation sites excluding steroid dienone is 1. The summed E-state index contributed by atoms with van der Waals surface area (Å²) in [4.78, 5) is 4.42. The van der Waals surface area contributed by atoms with Crippen molar-refractivity contribution in [1.82, 2.24) is 4.98 Å². The average Bonchev–Trinajstić information content (AvgIpc) is 2.28. The smallest absolute Gasteiger partial charge is 0.0876 e. The van der Waals surface area contributed by atoms with Crippen LogP contribution in [-0.4, -0.2) is 11.6 Å². The Morgan fingerprint density at radius 2 is 1.89 bits per heavy atom. The molecule has 0 aromatic carbocycles. The maximum absolute atomic E-state index is 5.66. The molecule has 0 amide bonds. The van der Waals surface area contributed by atoms with Crippen molar-refractivity contribution in [3.8, 4) is 0 Å². The first-order valence-corrected chi connectivity index (χ1v) is 6.90. The van der Waals surface area contributed by atoms with E-state index in [1.165, 1.54) is 22.3 Å². The Morgan fingerprint density at radius 3 is 2.56 bits per heavy atom. The summed E-state index contributed by atoms with van der Waals surface area (Å²) in [6.45, 7) is 9.72. The number of rotatable bonds is 2. The van der Waals surface area contributed by atoms with Gasteiger partial charge >= 0.3 is 0 Å². The molecule has 1 aliphatic heterocycles. The molecule has 2 rings (SSSR count). The number of hydrogen-bond donors (Lipinski definition) is 0. The van der Waals surface area contributed by atoms with Crippen LogP contribution in [0.5, 0.6) is 0 Å². The van der Waals surface area contributed by atoms with E-state index in [9.17, 15) is 0 Å². The summed E-state index contributed by atoms with van der Waals surface area (Å²) < 4.78 is 5.66. The number of aromatic nitrogens is 1. The van der Waals surface area contributed by atoms with Gasteiger partial charge in [0.25, 0.3) is 0 Å². The van der Waals surface area contributed by atoms with E-state index in [2.05, 4.69) is 32.7 Å². The molecule has 0 radical (unpaired) electrons. The molecule has 0 bridgehead atoms. The summed E-state index contributed by atoms with van der Waals surface area (Å²) in [7, 11) is 0. The van der Waals surface area contributed by atoms with Gasteiger partial charge in [-0.05, 0) is 46.9 Å². The van der Waals surface area contributed by atoms with Gasteiger partial charge < -0.3 is 4.74 Å². The van der Waals surface area contributed by atoms with Gasteiger partial charge in [0.05, 0.1) is 12.9 Å². The van der Waals surface area contributed by atoms with Crippen molar-refractivity contribution in [2.75, 3.05) is 6.61 Å². The molecule has 0 saturated heterocycles. The lowest BCUT2D eigenvalue weighted by Gasteiger charge is -2.23. The highest BCUT2D eigenvalue weighted by molar-refractivity contribution is 5.71. The Labute approximate surface area is 110 Å². The second-order valence-electron chi connectivity index (χ2n) is 5.62. The van der Waals surface area contributed by atoms with Crippen LogP contribution in [0.4, 0.5) is 0 Å². The molecule has 2 heteroatoms. The molecule has 1 aromatic rings. The summed E-state index contributed by atoms with van der Waals surface area (Å²) in [5, 5.41) is 0. The predicted molar refractivity (Wildman–Crippen MR) is 75.4 cm³/mol. The SMILES string of the molecule is CC(C)/C1=C/OCCCc2cncc(C(C)C)c21. The van der Waals surface area contributed by atoms with Crippen molar-refractivity contribution >= 4 is 5.57 Å². The molecule has 0 atom stereocenters. The average molecular weight is 245 g/mol. The maximum atomic E-state index is 5.66. The van der Waals surface area contributed by atoms with E-state index in [0.717, 1.165) is 19.4 Å². The highest BCUT2D eigenvalue weighted by Crippen LogP contribution is 2.34. The molecular formula is C16H23NO. The largest absolute Gasteiger partial charge is 0.501 e. The highest BCUT2D eigenvalue weighted by atomic mass is 16.5. The number of aryl methyl sites for hydroxylation is 1. The fourth-order valence-corrected chi connectivity index (χ4v) is 2.48. The number of fused-ring (bicyclic) bond motifs is 1. The molecule has 0 N–H and O–H groups in total. The number of hydrogen-bond acceptors (Lipinski definition) is 2. The zero-order chi connectivity index (χ0) is 13.1. The van der Waals surface area contributed by atoms with Crippen LogP contribution in [0, 0.1) is 5.92 Å². The Bertz CT molecular complexity index is 446. The maximum Gasteiger partial charge on any atom is 0.0876 e. The molecule has 0 spiro atoms. The third-order valence-electron chi connectivity index (χ3n) is 3.51. The van der Waals surface area contributed by atoms with Gasteiger partial charge in [-0.25, -0.2) is 0 Å². The van der Waals surface area contributed by atoms with Gasteiger partial charge in [-0.1, -0.05) is 27.7 Å². The first kappa shape index (κ1) is 13.1. The summed E-state index contributed by atoms with van der Waals surface area (Å²) in [6.07, 6.45) is 8.14. The van der Waals surface area contributed by atoms with E-state index in [0.29, 0.717) is 11.8 Å². The summed E-state index contributed by atoms with van der Waals surface area (Å²) in [6, 6.07) is 0. The van der Waals surface area contributed by atoms with E-state index in [-0.39, 0.29) is 0 Å². The van der Waals surface area contributed by atoms with E-state index < -0.39 is 0 Å². The Hall–Kier alpha value is -1.31. The van der Waals surface area contributed by atoms with Crippen LogP contribution in [0.25, 0.3) is 5.57 Å². The van der Waals surface area contributed by atoms with E-state index >= 15 is 0 Å². The van der Waals surface area contributed by atoms with Gasteiger partial charge in [0, 0.05) is 12.4 Å². The predicted octanol–water partition coefficient (Wildman–Crippen LogP) is 4.16. The number of nitrogens with zero attached hydrogens (tertiary/aromatic N) is 1. The van der Waals surface area contributed by atoms with Crippen molar-refractivity contribution in [2.45, 2.75) is 46.5 Å². The molecular weight excluding hydrogens is 222 g/mol. The van der Waals surface area contributed by atoms with Crippen LogP contribution < -0.4 is 0 Å². The van der Waals surface area contributed by atoms with Crippen LogP contribution in [0.2, 0.25) is 0 Å². The van der Waals surface area contributed by atoms with E-state index in [1.807, 2.05) is 18.7 Å². The van der Waals surface area contributed by atoms with E-state index in [1.54, 1.807) is 0 Å². The van der Waals surface area contributed by atoms with Gasteiger partial charge in [-0.3, -0.25) is 4.98 Å². The quantitative estimate of drug-likeness (QED) is 0.780. The Kier molecular flexibility index (Phi) is 4.05.